The lowest BCUT2D eigenvalue weighted by atomic mass is 9.86. The molecule has 2 heterocycles. The fourth-order valence-corrected chi connectivity index (χ4v) is 8.10. The number of carbonyl (C=O) groups is 5. The van der Waals surface area contributed by atoms with E-state index in [2.05, 4.69) is 56.7 Å². The molecule has 1 aromatic heterocycles. The highest BCUT2D eigenvalue weighted by Crippen LogP contribution is 2.42. The number of phenols is 1. The third-order valence-electron chi connectivity index (χ3n) is 11.3. The first kappa shape index (κ1) is 53.7. The highest BCUT2D eigenvalue weighted by atomic mass is 32.2. The van der Waals surface area contributed by atoms with Gasteiger partial charge < -0.3 is 52.2 Å². The number of aryl methyl sites for hydroxylation is 2. The summed E-state index contributed by atoms with van der Waals surface area (Å²) in [5.41, 5.74) is 14.4. The Balaban J connectivity index is 1.62. The number of carbonyl (C=O) groups excluding carboxylic acids is 5. The van der Waals surface area contributed by atoms with Crippen molar-refractivity contribution in [2.24, 2.45) is 16.6 Å². The fourth-order valence-electron chi connectivity index (χ4n) is 7.70. The van der Waals surface area contributed by atoms with Gasteiger partial charge in [-0.3, -0.25) is 24.0 Å². The monoisotopic (exact) mass is 984 g/mol. The van der Waals surface area contributed by atoms with Crippen LogP contribution < -0.4 is 52.1 Å². The molecule has 4 bridgehead atoms. The number of likely N-dealkylation sites (N-methyl/N-ethyl adjacent to an activating group) is 1. The summed E-state index contributed by atoms with van der Waals surface area (Å²) in [5.74, 6) is -4.08. The molecule has 1 aliphatic rings. The second kappa shape index (κ2) is 22.9. The molecule has 70 heavy (non-hydrogen) atoms. The molecular formula is C47H60N12O10S. The summed E-state index contributed by atoms with van der Waals surface area (Å²) in [7, 11) is -3.24. The molecule has 0 saturated heterocycles. The smallest absolute Gasteiger partial charge is 0.274 e. The Morgan fingerprint density at radius 1 is 0.943 bits per heavy atom. The van der Waals surface area contributed by atoms with Gasteiger partial charge in [0.1, 0.15) is 61.2 Å². The topological polar surface area (TPSA) is 349 Å². The van der Waals surface area contributed by atoms with Crippen molar-refractivity contribution in [2.75, 3.05) is 46.4 Å². The second-order valence-electron chi connectivity index (χ2n) is 17.6. The van der Waals surface area contributed by atoms with Gasteiger partial charge in [0, 0.05) is 55.9 Å². The first-order chi connectivity index (χ1) is 33.0. The molecule has 5 amide bonds. The Morgan fingerprint density at radius 3 is 2.16 bits per heavy atom. The summed E-state index contributed by atoms with van der Waals surface area (Å²) in [6, 6.07) is 10.6. The summed E-state index contributed by atoms with van der Waals surface area (Å²) in [6.07, 6.45) is -0.226. The van der Waals surface area contributed by atoms with Gasteiger partial charge >= 0.3 is 0 Å². The zero-order valence-corrected chi connectivity index (χ0v) is 40.8. The number of hydrogen-bond acceptors (Lipinski definition) is 15. The van der Waals surface area contributed by atoms with Gasteiger partial charge in [-0.05, 0) is 61.1 Å². The zero-order chi connectivity index (χ0) is 51.7. The van der Waals surface area contributed by atoms with Crippen LogP contribution in [0.1, 0.15) is 72.2 Å². The van der Waals surface area contributed by atoms with Crippen LogP contribution in [0.4, 0.5) is 0 Å². The van der Waals surface area contributed by atoms with Crippen LogP contribution in [0.5, 0.6) is 17.2 Å². The molecule has 1 unspecified atom stereocenters. The predicted molar refractivity (Wildman–Crippen MR) is 258 cm³/mol. The van der Waals surface area contributed by atoms with E-state index in [1.54, 1.807) is 13.8 Å². The molecule has 0 spiro atoms. The number of ether oxygens (including phenoxy) is 2. The van der Waals surface area contributed by atoms with Gasteiger partial charge in [-0.1, -0.05) is 51.1 Å². The first-order valence-electron chi connectivity index (χ1n) is 22.2. The number of benzene rings is 3. The lowest BCUT2D eigenvalue weighted by Gasteiger charge is -2.32. The average Bonchev–Trinajstić information content (AvgIpc) is 3.29. The van der Waals surface area contributed by atoms with Gasteiger partial charge in [-0.2, -0.15) is 18.4 Å². The Hall–Kier alpha value is -7.23. The third-order valence-corrected chi connectivity index (χ3v) is 11.8. The lowest BCUT2D eigenvalue weighted by Crippen LogP contribution is -2.57. The second-order valence-corrected chi connectivity index (χ2v) is 18.9. The number of nitrogens with one attached hydrogen (secondary N) is 5. The number of nitriles is 1. The molecule has 0 fully saturated rings. The number of amides is 5. The minimum atomic E-state index is -4.46. The fraction of sp³-hybridized carbons (Fsp3) is 0.404. The van der Waals surface area contributed by atoms with Crippen molar-refractivity contribution in [3.05, 3.63) is 88.2 Å². The van der Waals surface area contributed by atoms with Gasteiger partial charge in [-0.15, -0.1) is 0 Å². The minimum absolute atomic E-state index is 0.00219. The number of fused-ring (bicyclic) bond motifs is 5. The molecule has 0 saturated carbocycles. The molecule has 4 atom stereocenters. The molecule has 1 aliphatic heterocycles. The lowest BCUT2D eigenvalue weighted by molar-refractivity contribution is -0.141. The SMILES string of the molecule is Cc1nc(-c2ccc(C(C)(C)C)cc2)nc(C)c1C(=O)NC(CNS(N)(=O)=O)C(=O)N(C)[C@@H]1C(=O)N[C@@H](C)C(=O)N[C@H](C(=O)NCC#N)Cc2cc(c(O)cc2OCCN)-c2cc1ccc2OCCN. The Labute approximate surface area is 406 Å². The van der Waals surface area contributed by atoms with Crippen molar-refractivity contribution in [1.29, 1.82) is 5.26 Å². The number of nitrogens with two attached hydrogens (primary N) is 3. The van der Waals surface area contributed by atoms with Crippen LogP contribution in [-0.2, 0) is 41.2 Å². The molecule has 3 aromatic carbocycles. The Morgan fingerprint density at radius 2 is 1.57 bits per heavy atom. The van der Waals surface area contributed by atoms with Crippen molar-refractivity contribution in [2.45, 2.75) is 77.5 Å². The van der Waals surface area contributed by atoms with E-state index in [1.807, 2.05) is 30.3 Å². The highest BCUT2D eigenvalue weighted by Gasteiger charge is 2.37. The van der Waals surface area contributed by atoms with E-state index in [0.717, 1.165) is 10.5 Å². The van der Waals surface area contributed by atoms with Crippen molar-refractivity contribution in [3.63, 3.8) is 0 Å². The quantitative estimate of drug-likeness (QED) is 0.0686. The first-order valence-corrected chi connectivity index (χ1v) is 23.7. The number of aromatic nitrogens is 2. The van der Waals surface area contributed by atoms with Gasteiger partial charge in [0.15, 0.2) is 5.82 Å². The minimum Gasteiger partial charge on any atom is -0.507 e. The third kappa shape index (κ3) is 13.3. The van der Waals surface area contributed by atoms with Crippen LogP contribution in [0.3, 0.4) is 0 Å². The zero-order valence-electron chi connectivity index (χ0n) is 40.0. The maximum Gasteiger partial charge on any atom is 0.274 e. The predicted octanol–water partition coefficient (Wildman–Crippen LogP) is 0.382. The van der Waals surface area contributed by atoms with Gasteiger partial charge in [0.2, 0.25) is 23.6 Å². The van der Waals surface area contributed by atoms with Crippen molar-refractivity contribution in [3.8, 4) is 45.8 Å². The summed E-state index contributed by atoms with van der Waals surface area (Å²) in [4.78, 5) is 81.0. The van der Waals surface area contributed by atoms with Gasteiger partial charge in [0.05, 0.1) is 23.0 Å². The number of hydrogen-bond donors (Lipinski definition) is 9. The molecular weight excluding hydrogens is 925 g/mol. The number of phenolic OH excluding ortho intramolecular Hbond substituents is 1. The van der Waals surface area contributed by atoms with Crippen LogP contribution >= 0.6 is 0 Å². The van der Waals surface area contributed by atoms with E-state index in [0.29, 0.717) is 17.0 Å². The Kier molecular flexibility index (Phi) is 17.6. The molecule has 374 valence electrons. The van der Waals surface area contributed by atoms with E-state index in [9.17, 15) is 42.8 Å². The standard InChI is InChI=1S/C47H60N12O10S/c1-25-39(26(2)55-41(54-25)28-8-11-31(12-9-28)47(4,5)6)44(63)58-35(24-53-70(51,66)67)46(65)59(7)40-29-10-13-37(68-18-15-49)33(20-29)32-21-30(38(23-36(32)60)69-19-16-50)22-34(43(62)52-17-14-48)57-42(61)27(3)56-45(40)64/h8-13,20-21,23,27,34-35,40,53,60H,15-19,22,24,49-50H2,1-7H3,(H,52,62)(H,56,64)(H,57,61)(H,58,63)(H2,51,66,67)/t27-,34-,35?,40-/m0/s1. The molecule has 5 rings (SSSR count). The van der Waals surface area contributed by atoms with Crippen LogP contribution in [0, 0.1) is 25.2 Å². The Bertz CT molecular complexity index is 2750. The summed E-state index contributed by atoms with van der Waals surface area (Å²) in [6.45, 7) is 9.79. The van der Waals surface area contributed by atoms with Gasteiger partial charge in [0.25, 0.3) is 16.1 Å². The summed E-state index contributed by atoms with van der Waals surface area (Å²) >= 11 is 0. The molecule has 23 heteroatoms. The van der Waals surface area contributed by atoms with Crippen molar-refractivity contribution < 1.29 is 47.0 Å². The van der Waals surface area contributed by atoms with Crippen LogP contribution in [-0.4, -0.2) is 122 Å². The number of nitrogens with zero attached hydrogens (tertiary/aromatic N) is 4. The average molecular weight is 985 g/mol. The van der Waals surface area contributed by atoms with Crippen molar-refractivity contribution in [1.82, 2.24) is 40.9 Å². The normalized spacial score (nSPS) is 16.6. The number of rotatable bonds is 16. The summed E-state index contributed by atoms with van der Waals surface area (Å²) < 4.78 is 38.4. The summed E-state index contributed by atoms with van der Waals surface area (Å²) in [5, 5.41) is 36.3. The molecule has 4 aromatic rings. The van der Waals surface area contributed by atoms with E-state index in [-0.39, 0.29) is 89.0 Å². The van der Waals surface area contributed by atoms with Crippen LogP contribution in [0.25, 0.3) is 22.5 Å². The van der Waals surface area contributed by atoms with Crippen LogP contribution in [0.15, 0.2) is 54.6 Å². The number of aromatic hydroxyl groups is 1. The van der Waals surface area contributed by atoms with E-state index in [4.69, 9.17) is 26.1 Å². The van der Waals surface area contributed by atoms with E-state index >= 15 is 0 Å². The van der Waals surface area contributed by atoms with Gasteiger partial charge in [-0.25, -0.2) is 15.1 Å². The highest BCUT2D eigenvalue weighted by molar-refractivity contribution is 7.87. The van der Waals surface area contributed by atoms with Crippen molar-refractivity contribution >= 4 is 39.7 Å². The van der Waals surface area contributed by atoms with E-state index in [1.165, 1.54) is 44.3 Å². The largest absolute Gasteiger partial charge is 0.507 e. The van der Waals surface area contributed by atoms with Crippen LogP contribution in [0.2, 0.25) is 0 Å². The molecule has 0 radical (unpaired) electrons. The van der Waals surface area contributed by atoms with E-state index < -0.39 is 77.0 Å². The maximum absolute atomic E-state index is 14.8. The molecule has 0 aliphatic carbocycles. The molecule has 22 nitrogen and oxygen atoms in total. The maximum atomic E-state index is 14.8. The molecule has 12 N–H and O–H groups in total.